The van der Waals surface area contributed by atoms with Crippen LogP contribution in [0.4, 0.5) is 5.69 Å². The molecular formula is C19H23N2O3-. The molecule has 5 nitrogen and oxygen atoms in total. The molecule has 0 unspecified atom stereocenters. The van der Waals surface area contributed by atoms with E-state index in [2.05, 4.69) is 6.92 Å². The van der Waals surface area contributed by atoms with E-state index < -0.39 is 4.92 Å². The second kappa shape index (κ2) is 5.57. The Morgan fingerprint density at radius 3 is 2.33 bits per heavy atom. The number of hydrogen-bond donors (Lipinski definition) is 0. The van der Waals surface area contributed by atoms with Gasteiger partial charge in [-0.2, -0.15) is 0 Å². The van der Waals surface area contributed by atoms with E-state index in [1.165, 1.54) is 56.7 Å². The molecule has 4 aliphatic rings. The number of rotatable bonds is 4. The third kappa shape index (κ3) is 2.60. The van der Waals surface area contributed by atoms with Crippen LogP contribution in [-0.4, -0.2) is 17.2 Å². The molecule has 4 saturated carbocycles. The van der Waals surface area contributed by atoms with Crippen LogP contribution in [0.25, 0.3) is 0 Å². The minimum absolute atomic E-state index is 0.0569. The number of nitrogens with zero attached hydrogens (tertiary/aromatic N) is 2. The van der Waals surface area contributed by atoms with E-state index >= 15 is 0 Å². The minimum Gasteiger partial charge on any atom is -0.872 e. The van der Waals surface area contributed by atoms with Crippen LogP contribution in [0.2, 0.25) is 0 Å². The predicted molar refractivity (Wildman–Crippen MR) is 90.2 cm³/mol. The van der Waals surface area contributed by atoms with Crippen LogP contribution in [0.3, 0.4) is 0 Å². The third-order valence-corrected chi connectivity index (χ3v) is 6.61. The average Bonchev–Trinajstić information content (AvgIpc) is 2.52. The summed E-state index contributed by atoms with van der Waals surface area (Å²) in [6, 6.07) is 4.01. The second-order valence-electron chi connectivity index (χ2n) is 8.21. The van der Waals surface area contributed by atoms with Gasteiger partial charge in [-0.05, 0) is 74.2 Å². The van der Waals surface area contributed by atoms with Crippen LogP contribution in [0.1, 0.15) is 51.0 Å². The monoisotopic (exact) mass is 327 g/mol. The number of non-ortho nitro benzene ring substituents is 1. The summed E-state index contributed by atoms with van der Waals surface area (Å²) in [5, 5.41) is 22.8. The summed E-state index contributed by atoms with van der Waals surface area (Å²) in [4.78, 5) is 15.1. The number of hydrogen-bond acceptors (Lipinski definition) is 4. The number of nitro groups is 1. The molecule has 128 valence electrons. The molecule has 4 fully saturated rings. The summed E-state index contributed by atoms with van der Waals surface area (Å²) < 4.78 is 0. The highest BCUT2D eigenvalue weighted by Crippen LogP contribution is 2.61. The van der Waals surface area contributed by atoms with Crippen molar-refractivity contribution < 1.29 is 10.0 Å². The number of nitro benzene ring substituents is 1. The van der Waals surface area contributed by atoms with Gasteiger partial charge in [-0.15, -0.1) is 0 Å². The zero-order valence-electron chi connectivity index (χ0n) is 14.0. The smallest absolute Gasteiger partial charge is 0.270 e. The molecule has 0 heterocycles. The van der Waals surface area contributed by atoms with Gasteiger partial charge in [0.05, 0.1) is 11.0 Å². The van der Waals surface area contributed by atoms with Crippen LogP contribution >= 0.6 is 0 Å². The largest absolute Gasteiger partial charge is 0.872 e. The Hall–Kier alpha value is -1.91. The van der Waals surface area contributed by atoms with Crippen LogP contribution in [-0.2, 0) is 0 Å². The lowest BCUT2D eigenvalue weighted by molar-refractivity contribution is -0.385. The van der Waals surface area contributed by atoms with Gasteiger partial charge in [0, 0.05) is 18.3 Å². The van der Waals surface area contributed by atoms with Crippen molar-refractivity contribution in [1.82, 2.24) is 0 Å². The van der Waals surface area contributed by atoms with Crippen LogP contribution < -0.4 is 5.11 Å². The highest BCUT2D eigenvalue weighted by Gasteiger charge is 2.53. The Kier molecular flexibility index (Phi) is 3.62. The third-order valence-electron chi connectivity index (χ3n) is 6.61. The van der Waals surface area contributed by atoms with Gasteiger partial charge in [0.1, 0.15) is 0 Å². The van der Waals surface area contributed by atoms with Gasteiger partial charge >= 0.3 is 0 Å². The minimum atomic E-state index is -0.473. The fourth-order valence-corrected chi connectivity index (χ4v) is 5.79. The zero-order chi connectivity index (χ0) is 16.9. The lowest BCUT2D eigenvalue weighted by Crippen LogP contribution is -2.50. The van der Waals surface area contributed by atoms with Crippen LogP contribution in [0, 0.1) is 33.3 Å². The van der Waals surface area contributed by atoms with E-state index in [-0.39, 0.29) is 22.9 Å². The molecule has 5 heteroatoms. The van der Waals surface area contributed by atoms with Crippen molar-refractivity contribution in [2.24, 2.45) is 28.2 Å². The fraction of sp³-hybridized carbons (Fsp3) is 0.632. The molecule has 0 radical (unpaired) electrons. The van der Waals surface area contributed by atoms with Crippen molar-refractivity contribution in [3.05, 3.63) is 33.9 Å². The van der Waals surface area contributed by atoms with Crippen molar-refractivity contribution >= 4 is 11.9 Å². The van der Waals surface area contributed by atoms with Gasteiger partial charge in [-0.25, -0.2) is 0 Å². The topological polar surface area (TPSA) is 78.6 Å². The molecule has 1 aromatic carbocycles. The maximum Gasteiger partial charge on any atom is 0.270 e. The van der Waals surface area contributed by atoms with Crippen molar-refractivity contribution in [3.8, 4) is 5.75 Å². The van der Waals surface area contributed by atoms with Gasteiger partial charge in [0.25, 0.3) is 5.69 Å². The summed E-state index contributed by atoms with van der Waals surface area (Å²) in [5.41, 5.74) is 0.550. The van der Waals surface area contributed by atoms with Gasteiger partial charge in [0.2, 0.25) is 0 Å². The Labute approximate surface area is 142 Å². The first-order valence-corrected chi connectivity index (χ1v) is 8.94. The predicted octanol–water partition coefficient (Wildman–Crippen LogP) is 3.69. The highest BCUT2D eigenvalue weighted by molar-refractivity contribution is 5.84. The SMILES string of the molecule is C[C@H](N=Cc1cc([N+](=O)[O-])ccc1[O-])C12CC3CC(CC(C3)C1)C2. The molecule has 24 heavy (non-hydrogen) atoms. The van der Waals surface area contributed by atoms with Crippen molar-refractivity contribution in [2.45, 2.75) is 51.5 Å². The van der Waals surface area contributed by atoms with Crippen molar-refractivity contribution in [3.63, 3.8) is 0 Å². The Morgan fingerprint density at radius 2 is 1.79 bits per heavy atom. The first-order chi connectivity index (χ1) is 11.4. The summed E-state index contributed by atoms with van der Waals surface area (Å²) in [7, 11) is 0. The molecule has 4 aliphatic carbocycles. The molecular weight excluding hydrogens is 304 g/mol. The molecule has 5 rings (SSSR count). The van der Waals surface area contributed by atoms with E-state index in [9.17, 15) is 15.2 Å². The Bertz CT molecular complexity index is 663. The summed E-state index contributed by atoms with van der Waals surface area (Å²) >= 11 is 0. The molecule has 0 amide bonds. The molecule has 0 aliphatic heterocycles. The second-order valence-corrected chi connectivity index (χ2v) is 8.21. The summed E-state index contributed by atoms with van der Waals surface area (Å²) in [6.07, 6.45) is 9.53. The summed E-state index contributed by atoms with van der Waals surface area (Å²) in [6.45, 7) is 2.16. The molecule has 4 bridgehead atoms. The number of aliphatic imine (C=N–C) groups is 1. The first kappa shape index (κ1) is 15.6. The van der Waals surface area contributed by atoms with Crippen molar-refractivity contribution in [2.75, 3.05) is 0 Å². The number of benzene rings is 1. The van der Waals surface area contributed by atoms with Gasteiger partial charge < -0.3 is 5.11 Å². The average molecular weight is 327 g/mol. The molecule has 0 N–H and O–H groups in total. The van der Waals surface area contributed by atoms with Crippen molar-refractivity contribution in [1.29, 1.82) is 0 Å². The lowest BCUT2D eigenvalue weighted by atomic mass is 9.48. The van der Waals surface area contributed by atoms with Crippen LogP contribution in [0.5, 0.6) is 5.75 Å². The van der Waals surface area contributed by atoms with E-state index in [0.29, 0.717) is 5.56 Å². The van der Waals surface area contributed by atoms with E-state index in [1.54, 1.807) is 6.21 Å². The van der Waals surface area contributed by atoms with E-state index in [0.717, 1.165) is 17.8 Å². The van der Waals surface area contributed by atoms with E-state index in [1.807, 2.05) is 0 Å². The van der Waals surface area contributed by atoms with Crippen LogP contribution in [0.15, 0.2) is 23.2 Å². The molecule has 1 atom stereocenters. The fourth-order valence-electron chi connectivity index (χ4n) is 5.79. The lowest BCUT2D eigenvalue weighted by Gasteiger charge is -2.58. The summed E-state index contributed by atoms with van der Waals surface area (Å²) in [5.74, 6) is 2.38. The standard InChI is InChI=1S/C19H24N2O3/c1-12(19-8-13-4-14(9-19)6-15(5-13)10-19)20-11-16-7-17(21(23)24)2-3-18(16)22/h2-3,7,11-15,22H,4-6,8-10H2,1H3/p-1/t12-,13?,14?,15?,19?/m0/s1. The molecule has 0 aromatic heterocycles. The maximum absolute atomic E-state index is 11.9. The van der Waals surface area contributed by atoms with E-state index in [4.69, 9.17) is 4.99 Å². The first-order valence-electron chi connectivity index (χ1n) is 8.94. The Morgan fingerprint density at radius 1 is 1.21 bits per heavy atom. The normalized spacial score (nSPS) is 35.5. The highest BCUT2D eigenvalue weighted by atomic mass is 16.6. The molecule has 0 saturated heterocycles. The maximum atomic E-state index is 11.9. The van der Waals surface area contributed by atoms with Gasteiger partial charge in [0.15, 0.2) is 0 Å². The van der Waals surface area contributed by atoms with Gasteiger partial charge in [-0.3, -0.25) is 15.1 Å². The Balaban J connectivity index is 1.56. The quantitative estimate of drug-likeness (QED) is 0.480. The zero-order valence-corrected chi connectivity index (χ0v) is 14.0. The molecule has 1 aromatic rings. The molecule has 0 spiro atoms. The van der Waals surface area contributed by atoms with Gasteiger partial charge in [-0.1, -0.05) is 11.8 Å².